The van der Waals surface area contributed by atoms with E-state index in [0.717, 1.165) is 23.6 Å². The Balaban J connectivity index is 1.72. The van der Waals surface area contributed by atoms with Crippen LogP contribution in [0.2, 0.25) is 0 Å². The van der Waals surface area contributed by atoms with Crippen LogP contribution in [0.25, 0.3) is 0 Å². The molecular formula is C19H22N4OS. The van der Waals surface area contributed by atoms with E-state index in [4.69, 9.17) is 17.0 Å². The Kier molecular flexibility index (Phi) is 5.50. The van der Waals surface area contributed by atoms with Gasteiger partial charge in [0.25, 0.3) is 0 Å². The standard InChI is InChI=1S/C19H22N4OS/c1-3-18-21-22-19(25)23(18)20-12-15-9-6-7-11-17(15)24-13-16-10-5-4-8-14(16)2/h4-11,20H,3,12-13H2,1-2H3,(H,22,25). The van der Waals surface area contributed by atoms with E-state index in [0.29, 0.717) is 17.9 Å². The highest BCUT2D eigenvalue weighted by molar-refractivity contribution is 7.71. The van der Waals surface area contributed by atoms with Gasteiger partial charge in [-0.2, -0.15) is 5.10 Å². The fraction of sp³-hybridized carbons (Fsp3) is 0.263. The molecule has 25 heavy (non-hydrogen) atoms. The van der Waals surface area contributed by atoms with E-state index >= 15 is 0 Å². The number of aryl methyl sites for hydroxylation is 2. The minimum atomic E-state index is 0.551. The van der Waals surface area contributed by atoms with Crippen LogP contribution < -0.4 is 10.2 Å². The van der Waals surface area contributed by atoms with E-state index in [1.54, 1.807) is 0 Å². The smallest absolute Gasteiger partial charge is 0.214 e. The lowest BCUT2D eigenvalue weighted by atomic mass is 10.1. The average Bonchev–Trinajstić information content (AvgIpc) is 3.00. The SMILES string of the molecule is CCc1n[nH]c(=S)n1NCc1ccccc1OCc1ccccc1C. The summed E-state index contributed by atoms with van der Waals surface area (Å²) in [6, 6.07) is 16.3. The van der Waals surface area contributed by atoms with Crippen molar-refractivity contribution >= 4 is 12.2 Å². The summed E-state index contributed by atoms with van der Waals surface area (Å²) in [4.78, 5) is 0. The zero-order valence-electron chi connectivity index (χ0n) is 14.5. The molecule has 0 unspecified atom stereocenters. The van der Waals surface area contributed by atoms with Crippen LogP contribution in [0.5, 0.6) is 5.75 Å². The highest BCUT2D eigenvalue weighted by atomic mass is 32.1. The number of ether oxygens (including phenoxy) is 1. The number of benzene rings is 2. The summed E-state index contributed by atoms with van der Waals surface area (Å²) in [6.07, 6.45) is 0.797. The summed E-state index contributed by atoms with van der Waals surface area (Å²) in [7, 11) is 0. The maximum Gasteiger partial charge on any atom is 0.214 e. The fourth-order valence-corrected chi connectivity index (χ4v) is 2.83. The van der Waals surface area contributed by atoms with Gasteiger partial charge < -0.3 is 10.2 Å². The number of rotatable bonds is 7. The third-order valence-electron chi connectivity index (χ3n) is 4.10. The third-order valence-corrected chi connectivity index (χ3v) is 4.38. The second kappa shape index (κ2) is 7.98. The molecule has 0 spiro atoms. The molecule has 2 N–H and O–H groups in total. The molecule has 5 nitrogen and oxygen atoms in total. The normalized spacial score (nSPS) is 10.6. The molecule has 1 heterocycles. The summed E-state index contributed by atoms with van der Waals surface area (Å²) < 4.78 is 8.44. The minimum Gasteiger partial charge on any atom is -0.489 e. The van der Waals surface area contributed by atoms with E-state index in [2.05, 4.69) is 40.7 Å². The van der Waals surface area contributed by atoms with Gasteiger partial charge in [0.05, 0.1) is 6.54 Å². The predicted octanol–water partition coefficient (Wildman–Crippen LogP) is 4.13. The number of hydrogen-bond acceptors (Lipinski definition) is 4. The summed E-state index contributed by atoms with van der Waals surface area (Å²) in [5, 5.41) is 7.02. The number of aromatic nitrogens is 3. The van der Waals surface area contributed by atoms with E-state index in [9.17, 15) is 0 Å². The number of aromatic amines is 1. The molecule has 0 fully saturated rings. The van der Waals surface area contributed by atoms with Crippen molar-refractivity contribution in [3.8, 4) is 5.75 Å². The molecule has 130 valence electrons. The van der Waals surface area contributed by atoms with Crippen molar-refractivity contribution in [2.24, 2.45) is 0 Å². The van der Waals surface area contributed by atoms with Crippen molar-refractivity contribution in [1.29, 1.82) is 0 Å². The van der Waals surface area contributed by atoms with Gasteiger partial charge in [0.15, 0.2) is 5.82 Å². The van der Waals surface area contributed by atoms with Crippen LogP contribution in [0.4, 0.5) is 0 Å². The summed E-state index contributed by atoms with van der Waals surface area (Å²) in [6.45, 7) is 5.29. The van der Waals surface area contributed by atoms with Gasteiger partial charge in [0, 0.05) is 12.0 Å². The lowest BCUT2D eigenvalue weighted by Crippen LogP contribution is -2.17. The Labute approximate surface area is 152 Å². The molecular weight excluding hydrogens is 332 g/mol. The minimum absolute atomic E-state index is 0.551. The van der Waals surface area contributed by atoms with Gasteiger partial charge in [-0.1, -0.05) is 49.4 Å². The first-order valence-electron chi connectivity index (χ1n) is 8.34. The quantitative estimate of drug-likeness (QED) is 0.626. The van der Waals surface area contributed by atoms with Crippen LogP contribution in [0.3, 0.4) is 0 Å². The van der Waals surface area contributed by atoms with E-state index in [-0.39, 0.29) is 0 Å². The maximum atomic E-state index is 6.06. The summed E-state index contributed by atoms with van der Waals surface area (Å²) >= 11 is 5.27. The lowest BCUT2D eigenvalue weighted by Gasteiger charge is -2.14. The van der Waals surface area contributed by atoms with Gasteiger partial charge in [0.2, 0.25) is 4.77 Å². The first-order chi connectivity index (χ1) is 12.2. The van der Waals surface area contributed by atoms with Gasteiger partial charge >= 0.3 is 0 Å². The van der Waals surface area contributed by atoms with Crippen LogP contribution >= 0.6 is 12.2 Å². The van der Waals surface area contributed by atoms with Crippen molar-refractivity contribution in [2.45, 2.75) is 33.4 Å². The number of nitrogens with one attached hydrogen (secondary N) is 2. The summed E-state index contributed by atoms with van der Waals surface area (Å²) in [5.74, 6) is 1.75. The summed E-state index contributed by atoms with van der Waals surface area (Å²) in [5.41, 5.74) is 6.81. The molecule has 0 aliphatic rings. The molecule has 3 aromatic rings. The second-order valence-electron chi connectivity index (χ2n) is 5.79. The monoisotopic (exact) mass is 354 g/mol. The second-order valence-corrected chi connectivity index (χ2v) is 6.18. The number of H-pyrrole nitrogens is 1. The molecule has 0 radical (unpaired) electrons. The molecule has 0 aliphatic heterocycles. The highest BCUT2D eigenvalue weighted by Crippen LogP contribution is 2.20. The van der Waals surface area contributed by atoms with Gasteiger partial charge in [-0.05, 0) is 36.3 Å². The molecule has 0 saturated heterocycles. The molecule has 3 rings (SSSR count). The largest absolute Gasteiger partial charge is 0.489 e. The van der Waals surface area contributed by atoms with E-state index in [1.165, 1.54) is 11.1 Å². The van der Waals surface area contributed by atoms with Gasteiger partial charge in [-0.15, -0.1) is 0 Å². The van der Waals surface area contributed by atoms with Crippen LogP contribution in [-0.2, 0) is 19.6 Å². The van der Waals surface area contributed by atoms with Crippen molar-refractivity contribution in [3.63, 3.8) is 0 Å². The van der Waals surface area contributed by atoms with E-state index < -0.39 is 0 Å². The fourth-order valence-electron chi connectivity index (χ4n) is 2.61. The van der Waals surface area contributed by atoms with Gasteiger partial charge in [-0.3, -0.25) is 5.10 Å². The van der Waals surface area contributed by atoms with Crippen molar-refractivity contribution in [1.82, 2.24) is 14.9 Å². The van der Waals surface area contributed by atoms with E-state index in [1.807, 2.05) is 41.9 Å². The van der Waals surface area contributed by atoms with Crippen LogP contribution in [0.15, 0.2) is 48.5 Å². The number of hydrogen-bond donors (Lipinski definition) is 2. The topological polar surface area (TPSA) is 54.9 Å². The first kappa shape index (κ1) is 17.2. The Morgan fingerprint density at radius 3 is 2.60 bits per heavy atom. The predicted molar refractivity (Wildman–Crippen MR) is 102 cm³/mol. The molecule has 1 aromatic heterocycles. The van der Waals surface area contributed by atoms with Gasteiger partial charge in [0.1, 0.15) is 12.4 Å². The Morgan fingerprint density at radius 1 is 1.12 bits per heavy atom. The number of para-hydroxylation sites is 1. The van der Waals surface area contributed by atoms with Crippen molar-refractivity contribution in [2.75, 3.05) is 5.43 Å². The van der Waals surface area contributed by atoms with Crippen molar-refractivity contribution < 1.29 is 4.74 Å². The van der Waals surface area contributed by atoms with Crippen LogP contribution in [0.1, 0.15) is 29.4 Å². The highest BCUT2D eigenvalue weighted by Gasteiger charge is 2.07. The van der Waals surface area contributed by atoms with Crippen LogP contribution in [-0.4, -0.2) is 14.9 Å². The van der Waals surface area contributed by atoms with Crippen LogP contribution in [0, 0.1) is 11.7 Å². The third kappa shape index (κ3) is 4.09. The molecule has 2 aromatic carbocycles. The Bertz CT molecular complexity index is 900. The lowest BCUT2D eigenvalue weighted by molar-refractivity contribution is 0.302. The molecule has 0 amide bonds. The average molecular weight is 354 g/mol. The van der Waals surface area contributed by atoms with Gasteiger partial charge in [-0.25, -0.2) is 4.68 Å². The first-order valence-corrected chi connectivity index (χ1v) is 8.75. The Hall–Kier alpha value is -2.60. The molecule has 0 saturated carbocycles. The van der Waals surface area contributed by atoms with Crippen molar-refractivity contribution in [3.05, 3.63) is 75.8 Å². The molecule has 0 atom stereocenters. The zero-order valence-corrected chi connectivity index (χ0v) is 15.3. The Morgan fingerprint density at radius 2 is 1.84 bits per heavy atom. The zero-order chi connectivity index (χ0) is 17.6. The molecule has 0 aliphatic carbocycles. The number of nitrogens with zero attached hydrogens (tertiary/aromatic N) is 2. The maximum absolute atomic E-state index is 6.06. The molecule has 6 heteroatoms. The molecule has 0 bridgehead atoms.